The molecule has 0 radical (unpaired) electrons. The number of hydrogen-bond acceptors (Lipinski definition) is 2. The minimum absolute atomic E-state index is 0.0599. The summed E-state index contributed by atoms with van der Waals surface area (Å²) in [5.74, 6) is -0.336. The van der Waals surface area contributed by atoms with Crippen LogP contribution in [0.5, 0.6) is 0 Å². The lowest BCUT2D eigenvalue weighted by Crippen LogP contribution is -2.57. The molecular weight excluding hydrogens is 208 g/mol. The highest BCUT2D eigenvalue weighted by Crippen LogP contribution is 2.23. The van der Waals surface area contributed by atoms with Gasteiger partial charge in [-0.2, -0.15) is 0 Å². The Morgan fingerprint density at radius 2 is 2.19 bits per heavy atom. The van der Waals surface area contributed by atoms with Crippen molar-refractivity contribution in [2.75, 3.05) is 13.1 Å². The molecule has 0 spiro atoms. The van der Waals surface area contributed by atoms with Gasteiger partial charge in [0, 0.05) is 25.6 Å². The molecule has 0 aromatic heterocycles. The quantitative estimate of drug-likeness (QED) is 0.697. The number of nitrogens with zero attached hydrogens (tertiary/aromatic N) is 1. The first kappa shape index (κ1) is 12.8. The largest absolute Gasteiger partial charge is 0.481 e. The van der Waals surface area contributed by atoms with Crippen molar-refractivity contribution in [3.63, 3.8) is 0 Å². The molecule has 1 aliphatic heterocycles. The number of urea groups is 1. The molecule has 2 N–H and O–H groups in total. The minimum atomic E-state index is -0.821. The Morgan fingerprint density at radius 3 is 2.62 bits per heavy atom. The van der Waals surface area contributed by atoms with Gasteiger partial charge in [-0.3, -0.25) is 4.79 Å². The SMILES string of the molecule is CC(C)C1CCN1C(=O)NCCCC(=O)O. The minimum Gasteiger partial charge on any atom is -0.481 e. The van der Waals surface area contributed by atoms with Crippen molar-refractivity contribution in [3.8, 4) is 0 Å². The van der Waals surface area contributed by atoms with E-state index in [0.29, 0.717) is 24.9 Å². The standard InChI is InChI=1S/C11H20N2O3/c1-8(2)9-5-7-13(9)11(16)12-6-3-4-10(14)15/h8-9H,3-7H2,1-2H3,(H,12,16)(H,14,15). The molecular formula is C11H20N2O3. The molecule has 2 amide bonds. The number of aliphatic carboxylic acids is 1. The van der Waals surface area contributed by atoms with Crippen LogP contribution in [0.25, 0.3) is 0 Å². The number of carboxylic acids is 1. The maximum Gasteiger partial charge on any atom is 0.317 e. The lowest BCUT2D eigenvalue weighted by Gasteiger charge is -2.43. The van der Waals surface area contributed by atoms with E-state index in [9.17, 15) is 9.59 Å². The van der Waals surface area contributed by atoms with Gasteiger partial charge < -0.3 is 15.3 Å². The zero-order chi connectivity index (χ0) is 12.1. The van der Waals surface area contributed by atoms with Gasteiger partial charge in [-0.1, -0.05) is 13.8 Å². The fraction of sp³-hybridized carbons (Fsp3) is 0.818. The van der Waals surface area contributed by atoms with Gasteiger partial charge in [0.25, 0.3) is 0 Å². The molecule has 0 saturated carbocycles. The summed E-state index contributed by atoms with van der Waals surface area (Å²) < 4.78 is 0. The molecule has 1 atom stereocenters. The van der Waals surface area contributed by atoms with E-state index in [1.165, 1.54) is 0 Å². The maximum absolute atomic E-state index is 11.7. The van der Waals surface area contributed by atoms with Gasteiger partial charge in [0.1, 0.15) is 0 Å². The summed E-state index contributed by atoms with van der Waals surface area (Å²) >= 11 is 0. The van der Waals surface area contributed by atoms with Crippen molar-refractivity contribution in [3.05, 3.63) is 0 Å². The van der Waals surface area contributed by atoms with Crippen LogP contribution in [0.2, 0.25) is 0 Å². The summed E-state index contributed by atoms with van der Waals surface area (Å²) in [5, 5.41) is 11.2. The number of amides is 2. The van der Waals surface area contributed by atoms with E-state index >= 15 is 0 Å². The third kappa shape index (κ3) is 3.40. The highest BCUT2D eigenvalue weighted by molar-refractivity contribution is 5.75. The average Bonchev–Trinajstić information content (AvgIpc) is 2.09. The van der Waals surface area contributed by atoms with E-state index < -0.39 is 5.97 Å². The van der Waals surface area contributed by atoms with Crippen LogP contribution in [0.3, 0.4) is 0 Å². The number of rotatable bonds is 5. The van der Waals surface area contributed by atoms with E-state index in [4.69, 9.17) is 5.11 Å². The zero-order valence-corrected chi connectivity index (χ0v) is 9.90. The Bertz CT molecular complexity index is 266. The summed E-state index contributed by atoms with van der Waals surface area (Å²) in [4.78, 5) is 23.7. The predicted octanol–water partition coefficient (Wildman–Crippen LogP) is 1.29. The van der Waals surface area contributed by atoms with Crippen LogP contribution in [0.1, 0.15) is 33.1 Å². The van der Waals surface area contributed by atoms with E-state index in [2.05, 4.69) is 19.2 Å². The summed E-state index contributed by atoms with van der Waals surface area (Å²) in [6, 6.07) is 0.287. The van der Waals surface area contributed by atoms with Gasteiger partial charge in [0.05, 0.1) is 0 Å². The molecule has 16 heavy (non-hydrogen) atoms. The monoisotopic (exact) mass is 228 g/mol. The van der Waals surface area contributed by atoms with Crippen LogP contribution in [0.4, 0.5) is 4.79 Å². The van der Waals surface area contributed by atoms with Crippen LogP contribution in [0.15, 0.2) is 0 Å². The van der Waals surface area contributed by atoms with Crippen molar-refractivity contribution in [2.24, 2.45) is 5.92 Å². The Morgan fingerprint density at radius 1 is 1.50 bits per heavy atom. The number of carbonyl (C=O) groups excluding carboxylic acids is 1. The highest BCUT2D eigenvalue weighted by atomic mass is 16.4. The Labute approximate surface area is 95.8 Å². The van der Waals surface area contributed by atoms with E-state index in [-0.39, 0.29) is 12.5 Å². The summed E-state index contributed by atoms with van der Waals surface area (Å²) in [6.45, 7) is 5.46. The maximum atomic E-state index is 11.7. The average molecular weight is 228 g/mol. The first-order valence-corrected chi connectivity index (χ1v) is 5.78. The molecule has 0 aliphatic carbocycles. The number of nitrogens with one attached hydrogen (secondary N) is 1. The fourth-order valence-electron chi connectivity index (χ4n) is 1.89. The normalized spacial score (nSPS) is 19.4. The second kappa shape index (κ2) is 5.72. The topological polar surface area (TPSA) is 69.6 Å². The molecule has 5 nitrogen and oxygen atoms in total. The second-order valence-electron chi connectivity index (χ2n) is 4.52. The molecule has 1 aliphatic rings. The van der Waals surface area contributed by atoms with E-state index in [1.807, 2.05) is 4.90 Å². The number of hydrogen-bond donors (Lipinski definition) is 2. The van der Waals surface area contributed by atoms with Gasteiger partial charge in [-0.15, -0.1) is 0 Å². The molecule has 1 saturated heterocycles. The molecule has 1 fully saturated rings. The van der Waals surface area contributed by atoms with Crippen LogP contribution in [-0.4, -0.2) is 41.1 Å². The Balaban J connectivity index is 2.18. The van der Waals surface area contributed by atoms with E-state index in [0.717, 1.165) is 13.0 Å². The number of carboxylic acid groups (broad SMARTS) is 1. The summed E-state index contributed by atoms with van der Waals surface area (Å²) in [5.41, 5.74) is 0. The molecule has 1 unspecified atom stereocenters. The molecule has 1 heterocycles. The van der Waals surface area contributed by atoms with Crippen molar-refractivity contribution >= 4 is 12.0 Å². The van der Waals surface area contributed by atoms with Crippen molar-refractivity contribution in [1.29, 1.82) is 0 Å². The van der Waals surface area contributed by atoms with Crippen LogP contribution in [0, 0.1) is 5.92 Å². The smallest absolute Gasteiger partial charge is 0.317 e. The lowest BCUT2D eigenvalue weighted by atomic mass is 9.92. The number of likely N-dealkylation sites (tertiary alicyclic amines) is 1. The molecule has 0 aromatic carbocycles. The van der Waals surface area contributed by atoms with Gasteiger partial charge in [-0.05, 0) is 18.8 Å². The molecule has 5 heteroatoms. The van der Waals surface area contributed by atoms with Gasteiger partial charge in [-0.25, -0.2) is 4.79 Å². The fourth-order valence-corrected chi connectivity index (χ4v) is 1.89. The highest BCUT2D eigenvalue weighted by Gasteiger charge is 2.33. The van der Waals surface area contributed by atoms with E-state index in [1.54, 1.807) is 0 Å². The van der Waals surface area contributed by atoms with Crippen LogP contribution in [-0.2, 0) is 4.79 Å². The van der Waals surface area contributed by atoms with Gasteiger partial charge in [0.2, 0.25) is 0 Å². The van der Waals surface area contributed by atoms with Gasteiger partial charge >= 0.3 is 12.0 Å². The molecule has 1 rings (SSSR count). The molecule has 0 aromatic rings. The van der Waals surface area contributed by atoms with Gasteiger partial charge in [0.15, 0.2) is 0 Å². The van der Waals surface area contributed by atoms with Crippen LogP contribution < -0.4 is 5.32 Å². The van der Waals surface area contributed by atoms with Crippen LogP contribution >= 0.6 is 0 Å². The first-order valence-electron chi connectivity index (χ1n) is 5.78. The summed E-state index contributed by atoms with van der Waals surface area (Å²) in [7, 11) is 0. The molecule has 92 valence electrons. The van der Waals surface area contributed by atoms with Crippen molar-refractivity contribution < 1.29 is 14.7 Å². The zero-order valence-electron chi connectivity index (χ0n) is 9.90. The first-order chi connectivity index (χ1) is 7.52. The third-order valence-electron chi connectivity index (χ3n) is 2.94. The van der Waals surface area contributed by atoms with Crippen molar-refractivity contribution in [2.45, 2.75) is 39.2 Å². The second-order valence-corrected chi connectivity index (χ2v) is 4.52. The molecule has 0 bridgehead atoms. The third-order valence-corrected chi connectivity index (χ3v) is 2.94. The predicted molar refractivity (Wildman–Crippen MR) is 60.2 cm³/mol. The Hall–Kier alpha value is -1.26. The van der Waals surface area contributed by atoms with Crippen molar-refractivity contribution in [1.82, 2.24) is 10.2 Å². The number of carbonyl (C=O) groups is 2. The summed E-state index contributed by atoms with van der Waals surface area (Å²) in [6.07, 6.45) is 1.66. The Kier molecular flexibility index (Phi) is 4.58. The lowest BCUT2D eigenvalue weighted by molar-refractivity contribution is -0.137.